The zero-order chi connectivity index (χ0) is 11.7. The van der Waals surface area contributed by atoms with Gasteiger partial charge in [0.2, 0.25) is 0 Å². The number of aromatic nitrogens is 2. The largest absolute Gasteiger partial charge is 0.297 e. The van der Waals surface area contributed by atoms with Gasteiger partial charge in [0.15, 0.2) is 0 Å². The van der Waals surface area contributed by atoms with E-state index in [1.807, 2.05) is 16.8 Å². The van der Waals surface area contributed by atoms with Crippen molar-refractivity contribution in [1.82, 2.24) is 9.78 Å². The molecule has 0 radical (unpaired) electrons. The summed E-state index contributed by atoms with van der Waals surface area (Å²) in [6.07, 6.45) is 0.964. The Morgan fingerprint density at radius 1 is 1.38 bits per heavy atom. The quantitative estimate of drug-likeness (QED) is 0.825. The lowest BCUT2D eigenvalue weighted by molar-refractivity contribution is 0.827. The molecule has 0 aliphatic carbocycles. The fourth-order valence-electron chi connectivity index (χ4n) is 1.67. The predicted octanol–water partition coefficient (Wildman–Crippen LogP) is 4.17. The van der Waals surface area contributed by atoms with Crippen LogP contribution < -0.4 is 0 Å². The van der Waals surface area contributed by atoms with E-state index in [0.29, 0.717) is 0 Å². The van der Waals surface area contributed by atoms with Crippen molar-refractivity contribution < 1.29 is 0 Å². The molecular formula is C12H13BrN2S. The van der Waals surface area contributed by atoms with Crippen LogP contribution in [0.4, 0.5) is 0 Å². The van der Waals surface area contributed by atoms with Gasteiger partial charge in [-0.2, -0.15) is 0 Å². The summed E-state index contributed by atoms with van der Waals surface area (Å²) in [5.74, 6) is 0. The van der Waals surface area contributed by atoms with E-state index in [4.69, 9.17) is 12.2 Å². The van der Waals surface area contributed by atoms with Crippen LogP contribution in [0, 0.1) is 11.6 Å². The number of rotatable bonds is 2. The third-order valence-electron chi connectivity index (χ3n) is 2.55. The van der Waals surface area contributed by atoms with Crippen LogP contribution in [-0.4, -0.2) is 9.78 Å². The fourth-order valence-corrected chi connectivity index (χ4v) is 2.44. The molecule has 0 saturated heterocycles. The van der Waals surface area contributed by atoms with Crippen LogP contribution in [0.25, 0.3) is 5.69 Å². The molecule has 0 unspecified atom stereocenters. The van der Waals surface area contributed by atoms with Gasteiger partial charge in [-0.15, -0.1) is 0 Å². The molecule has 0 amide bonds. The molecule has 0 aliphatic rings. The highest BCUT2D eigenvalue weighted by molar-refractivity contribution is 9.10. The summed E-state index contributed by atoms with van der Waals surface area (Å²) in [5, 5.41) is 3.30. The highest BCUT2D eigenvalue weighted by Gasteiger charge is 2.04. The van der Waals surface area contributed by atoms with E-state index in [-0.39, 0.29) is 0 Å². The van der Waals surface area contributed by atoms with Gasteiger partial charge in [0, 0.05) is 10.2 Å². The number of hydrogen-bond acceptors (Lipinski definition) is 1. The molecule has 4 heteroatoms. The van der Waals surface area contributed by atoms with E-state index < -0.39 is 0 Å². The summed E-state index contributed by atoms with van der Waals surface area (Å²) < 4.78 is 3.86. The Labute approximate surface area is 108 Å². The van der Waals surface area contributed by atoms with E-state index in [1.165, 1.54) is 5.56 Å². The molecule has 84 valence electrons. The maximum atomic E-state index is 5.33. The van der Waals surface area contributed by atoms with Crippen LogP contribution in [0.15, 0.2) is 28.7 Å². The first-order valence-corrected chi connectivity index (χ1v) is 6.39. The molecule has 0 fully saturated rings. The first-order chi connectivity index (χ1) is 7.61. The molecule has 1 aromatic heterocycles. The lowest BCUT2D eigenvalue weighted by atomic mass is 10.2. The van der Waals surface area contributed by atoms with Crippen molar-refractivity contribution in [2.75, 3.05) is 0 Å². The number of H-pyrrole nitrogens is 1. The highest BCUT2D eigenvalue weighted by atomic mass is 79.9. The molecule has 2 nitrogen and oxygen atoms in total. The summed E-state index contributed by atoms with van der Waals surface area (Å²) in [6.45, 7) is 4.19. The minimum atomic E-state index is 0.822. The van der Waals surface area contributed by atoms with Crippen LogP contribution in [0.2, 0.25) is 0 Å². The summed E-state index contributed by atoms with van der Waals surface area (Å²) in [5.41, 5.74) is 3.45. The Bertz CT molecular complexity index is 569. The number of nitrogens with zero attached hydrogens (tertiary/aromatic N) is 1. The Morgan fingerprint density at radius 2 is 2.12 bits per heavy atom. The average Bonchev–Trinajstić information content (AvgIpc) is 2.60. The normalized spacial score (nSPS) is 10.7. The van der Waals surface area contributed by atoms with Gasteiger partial charge in [0.1, 0.15) is 4.64 Å². The summed E-state index contributed by atoms with van der Waals surface area (Å²) >= 11 is 8.79. The highest BCUT2D eigenvalue weighted by Crippen LogP contribution is 2.19. The van der Waals surface area contributed by atoms with E-state index >= 15 is 0 Å². The van der Waals surface area contributed by atoms with Crippen molar-refractivity contribution in [3.63, 3.8) is 0 Å². The number of halogens is 1. The summed E-state index contributed by atoms with van der Waals surface area (Å²) in [4.78, 5) is 0. The van der Waals surface area contributed by atoms with Crippen molar-refractivity contribution in [3.05, 3.63) is 44.6 Å². The standard InChI is InChI=1S/C12H13BrN2S/c1-3-10-7-12(16)15(14-10)11-5-4-9(13)6-8(11)2/h4-7,14H,3H2,1-2H3. The van der Waals surface area contributed by atoms with Gasteiger partial charge in [-0.1, -0.05) is 35.1 Å². The summed E-state index contributed by atoms with van der Waals surface area (Å²) in [6, 6.07) is 8.18. The van der Waals surface area contributed by atoms with E-state index in [1.54, 1.807) is 0 Å². The van der Waals surface area contributed by atoms with Gasteiger partial charge in [0.25, 0.3) is 0 Å². The molecule has 2 rings (SSSR count). The minimum absolute atomic E-state index is 0.822. The molecule has 16 heavy (non-hydrogen) atoms. The third kappa shape index (κ3) is 2.13. The smallest absolute Gasteiger partial charge is 0.127 e. The lowest BCUT2D eigenvalue weighted by Gasteiger charge is -2.07. The van der Waals surface area contributed by atoms with Crippen molar-refractivity contribution in [3.8, 4) is 5.69 Å². The molecule has 1 aromatic carbocycles. The Balaban J connectivity index is 2.58. The van der Waals surface area contributed by atoms with Crippen LogP contribution in [0.3, 0.4) is 0 Å². The molecule has 0 atom stereocenters. The van der Waals surface area contributed by atoms with Gasteiger partial charge < -0.3 is 0 Å². The molecule has 1 N–H and O–H groups in total. The van der Waals surface area contributed by atoms with Gasteiger partial charge in [0.05, 0.1) is 5.69 Å². The average molecular weight is 297 g/mol. The van der Waals surface area contributed by atoms with Crippen molar-refractivity contribution in [1.29, 1.82) is 0 Å². The van der Waals surface area contributed by atoms with Crippen molar-refractivity contribution >= 4 is 28.1 Å². The summed E-state index contributed by atoms with van der Waals surface area (Å²) in [7, 11) is 0. The molecule has 2 aromatic rings. The maximum Gasteiger partial charge on any atom is 0.127 e. The second-order valence-corrected chi connectivity index (χ2v) is 5.07. The minimum Gasteiger partial charge on any atom is -0.297 e. The second kappa shape index (κ2) is 4.55. The first-order valence-electron chi connectivity index (χ1n) is 5.19. The molecule has 0 saturated carbocycles. The van der Waals surface area contributed by atoms with E-state index in [9.17, 15) is 0 Å². The van der Waals surface area contributed by atoms with Gasteiger partial charge in [-0.3, -0.25) is 5.10 Å². The topological polar surface area (TPSA) is 20.7 Å². The molecule has 1 heterocycles. The van der Waals surface area contributed by atoms with Crippen LogP contribution in [0.5, 0.6) is 0 Å². The molecular weight excluding hydrogens is 284 g/mol. The van der Waals surface area contributed by atoms with Crippen LogP contribution >= 0.6 is 28.1 Å². The zero-order valence-corrected chi connectivity index (χ0v) is 11.7. The maximum absolute atomic E-state index is 5.33. The first kappa shape index (κ1) is 11.6. The Morgan fingerprint density at radius 3 is 2.69 bits per heavy atom. The van der Waals surface area contributed by atoms with E-state index in [0.717, 1.165) is 26.9 Å². The molecule has 0 spiro atoms. The number of hydrogen-bond donors (Lipinski definition) is 1. The van der Waals surface area contributed by atoms with Gasteiger partial charge in [-0.25, -0.2) is 4.68 Å². The zero-order valence-electron chi connectivity index (χ0n) is 9.25. The number of aromatic amines is 1. The number of benzene rings is 1. The van der Waals surface area contributed by atoms with Gasteiger partial charge >= 0.3 is 0 Å². The monoisotopic (exact) mass is 296 g/mol. The van der Waals surface area contributed by atoms with Gasteiger partial charge in [-0.05, 0) is 43.2 Å². The van der Waals surface area contributed by atoms with Crippen molar-refractivity contribution in [2.24, 2.45) is 0 Å². The SMILES string of the molecule is CCc1cc(=S)n(-c2ccc(Br)cc2C)[nH]1. The predicted molar refractivity (Wildman–Crippen MR) is 72.8 cm³/mol. The van der Waals surface area contributed by atoms with Crippen LogP contribution in [0.1, 0.15) is 18.2 Å². The van der Waals surface area contributed by atoms with Crippen molar-refractivity contribution in [2.45, 2.75) is 20.3 Å². The molecule has 0 bridgehead atoms. The number of nitrogens with one attached hydrogen (secondary N) is 1. The second-order valence-electron chi connectivity index (χ2n) is 3.74. The fraction of sp³-hybridized carbons (Fsp3) is 0.250. The Kier molecular flexibility index (Phi) is 3.30. The van der Waals surface area contributed by atoms with E-state index in [2.05, 4.69) is 47.0 Å². The van der Waals surface area contributed by atoms with Crippen LogP contribution in [-0.2, 0) is 6.42 Å². The third-order valence-corrected chi connectivity index (χ3v) is 3.35. The lowest BCUT2D eigenvalue weighted by Crippen LogP contribution is -1.99. The molecule has 0 aliphatic heterocycles. The Hall–Kier alpha value is -0.870. The number of aryl methyl sites for hydroxylation is 2.